The van der Waals surface area contributed by atoms with Crippen LogP contribution in [0.2, 0.25) is 0 Å². The number of benzene rings is 1. The van der Waals surface area contributed by atoms with Gasteiger partial charge < -0.3 is 4.74 Å². The lowest BCUT2D eigenvalue weighted by molar-refractivity contribution is 0.142. The molecule has 1 aliphatic carbocycles. The van der Waals surface area contributed by atoms with E-state index in [2.05, 4.69) is 43.5 Å². The fourth-order valence-electron chi connectivity index (χ4n) is 4.24. The Bertz CT molecular complexity index is 476. The fraction of sp³-hybridized carbons (Fsp3) is 0.667. The molecule has 5 unspecified atom stereocenters. The van der Waals surface area contributed by atoms with Gasteiger partial charge in [0.2, 0.25) is 0 Å². The van der Waals surface area contributed by atoms with Gasteiger partial charge in [0.1, 0.15) is 5.75 Å². The van der Waals surface area contributed by atoms with Gasteiger partial charge in [-0.15, -0.1) is 0 Å². The number of hydrogen-bond donors (Lipinski definition) is 2. The molecule has 1 fully saturated rings. The normalized spacial score (nSPS) is 33.9. The van der Waals surface area contributed by atoms with Crippen molar-refractivity contribution < 1.29 is 4.74 Å². The van der Waals surface area contributed by atoms with E-state index in [1.54, 1.807) is 0 Å². The van der Waals surface area contributed by atoms with Crippen LogP contribution < -0.4 is 16.0 Å². The van der Waals surface area contributed by atoms with Crippen molar-refractivity contribution in [3.63, 3.8) is 0 Å². The summed E-state index contributed by atoms with van der Waals surface area (Å²) in [7, 11) is 0. The second-order valence-corrected chi connectivity index (χ2v) is 7.00. The Kier molecular flexibility index (Phi) is 4.51. The Morgan fingerprint density at radius 1 is 1.14 bits per heavy atom. The molecule has 0 radical (unpaired) electrons. The van der Waals surface area contributed by atoms with Crippen LogP contribution >= 0.6 is 0 Å². The number of hydrazine groups is 1. The van der Waals surface area contributed by atoms with Gasteiger partial charge in [-0.2, -0.15) is 0 Å². The highest BCUT2D eigenvalue weighted by Gasteiger charge is 2.36. The third kappa shape index (κ3) is 2.95. The molecule has 3 heteroatoms. The Labute approximate surface area is 128 Å². The molecule has 1 saturated carbocycles. The van der Waals surface area contributed by atoms with Gasteiger partial charge in [0.15, 0.2) is 0 Å². The van der Waals surface area contributed by atoms with Crippen molar-refractivity contribution >= 4 is 0 Å². The maximum absolute atomic E-state index is 5.98. The summed E-state index contributed by atoms with van der Waals surface area (Å²) in [6, 6.07) is 8.82. The summed E-state index contributed by atoms with van der Waals surface area (Å²) in [6.07, 6.45) is 4.97. The topological polar surface area (TPSA) is 47.3 Å². The lowest BCUT2D eigenvalue weighted by Gasteiger charge is -2.41. The Balaban J connectivity index is 1.81. The minimum absolute atomic E-state index is 0.366. The number of nitrogens with two attached hydrogens (primary N) is 1. The van der Waals surface area contributed by atoms with Gasteiger partial charge in [0.25, 0.3) is 0 Å². The van der Waals surface area contributed by atoms with Crippen LogP contribution in [0, 0.1) is 17.8 Å². The molecule has 1 aliphatic heterocycles. The first-order valence-electron chi connectivity index (χ1n) is 8.38. The third-order valence-corrected chi connectivity index (χ3v) is 5.78. The molecular formula is C18H28N2O. The predicted octanol–water partition coefficient (Wildman–Crippen LogP) is 3.46. The molecule has 0 aromatic heterocycles. The van der Waals surface area contributed by atoms with E-state index in [1.165, 1.54) is 24.8 Å². The number of ether oxygens (including phenoxy) is 1. The van der Waals surface area contributed by atoms with E-state index in [0.717, 1.165) is 30.6 Å². The second-order valence-electron chi connectivity index (χ2n) is 7.00. The number of para-hydroxylation sites is 1. The summed E-state index contributed by atoms with van der Waals surface area (Å²) < 4.78 is 5.81. The molecule has 1 aromatic carbocycles. The lowest BCUT2D eigenvalue weighted by Crippen LogP contribution is -2.48. The molecule has 0 amide bonds. The maximum atomic E-state index is 5.98. The van der Waals surface area contributed by atoms with Crippen LogP contribution in [-0.2, 0) is 0 Å². The van der Waals surface area contributed by atoms with Crippen LogP contribution in [0.4, 0.5) is 0 Å². The van der Waals surface area contributed by atoms with E-state index >= 15 is 0 Å². The SMILES string of the molecule is CC1CCC(C(NN)C2CCOc3ccccc32)CC1C. The van der Waals surface area contributed by atoms with Gasteiger partial charge in [0, 0.05) is 12.0 Å². The van der Waals surface area contributed by atoms with Crippen molar-refractivity contribution in [2.24, 2.45) is 23.6 Å². The van der Waals surface area contributed by atoms with Crippen molar-refractivity contribution in [3.05, 3.63) is 29.8 Å². The fourth-order valence-corrected chi connectivity index (χ4v) is 4.24. The molecule has 0 saturated heterocycles. The average Bonchev–Trinajstić information content (AvgIpc) is 2.52. The minimum Gasteiger partial charge on any atom is -0.493 e. The zero-order valence-corrected chi connectivity index (χ0v) is 13.2. The first-order valence-corrected chi connectivity index (χ1v) is 8.38. The van der Waals surface area contributed by atoms with Gasteiger partial charge >= 0.3 is 0 Å². The highest BCUT2D eigenvalue weighted by Crippen LogP contribution is 2.42. The molecule has 0 bridgehead atoms. The number of rotatable bonds is 3. The summed E-state index contributed by atoms with van der Waals surface area (Å²) in [5.41, 5.74) is 4.49. The summed E-state index contributed by atoms with van der Waals surface area (Å²) in [4.78, 5) is 0. The molecule has 0 spiro atoms. The van der Waals surface area contributed by atoms with Crippen LogP contribution in [0.1, 0.15) is 51.0 Å². The predicted molar refractivity (Wildman–Crippen MR) is 86.1 cm³/mol. The summed E-state index contributed by atoms with van der Waals surface area (Å²) in [5, 5.41) is 0. The Morgan fingerprint density at radius 3 is 2.71 bits per heavy atom. The number of hydrogen-bond acceptors (Lipinski definition) is 3. The Morgan fingerprint density at radius 2 is 1.95 bits per heavy atom. The Hall–Kier alpha value is -1.06. The molecule has 21 heavy (non-hydrogen) atoms. The molecule has 1 heterocycles. The largest absolute Gasteiger partial charge is 0.493 e. The standard InChI is InChI=1S/C18H28N2O/c1-12-7-8-14(11-13(12)2)18(20-19)16-9-10-21-17-6-4-3-5-15(16)17/h3-6,12-14,16,18,20H,7-11,19H2,1-2H3. The van der Waals surface area contributed by atoms with Crippen LogP contribution in [0.3, 0.4) is 0 Å². The average molecular weight is 288 g/mol. The van der Waals surface area contributed by atoms with Crippen molar-refractivity contribution in [2.75, 3.05) is 6.61 Å². The van der Waals surface area contributed by atoms with Gasteiger partial charge in [0.05, 0.1) is 6.61 Å². The highest BCUT2D eigenvalue weighted by molar-refractivity contribution is 5.38. The van der Waals surface area contributed by atoms with Crippen molar-refractivity contribution in [1.29, 1.82) is 0 Å². The van der Waals surface area contributed by atoms with Gasteiger partial charge in [-0.3, -0.25) is 11.3 Å². The number of fused-ring (bicyclic) bond motifs is 1. The van der Waals surface area contributed by atoms with Gasteiger partial charge in [-0.05, 0) is 48.6 Å². The van der Waals surface area contributed by atoms with E-state index in [-0.39, 0.29) is 0 Å². The second kappa shape index (κ2) is 6.37. The quantitative estimate of drug-likeness (QED) is 0.661. The first kappa shape index (κ1) is 14.9. The minimum atomic E-state index is 0.366. The van der Waals surface area contributed by atoms with Crippen molar-refractivity contribution in [2.45, 2.75) is 51.5 Å². The van der Waals surface area contributed by atoms with Crippen LogP contribution in [0.5, 0.6) is 5.75 Å². The van der Waals surface area contributed by atoms with E-state index in [9.17, 15) is 0 Å². The van der Waals surface area contributed by atoms with Gasteiger partial charge in [-0.25, -0.2) is 0 Å². The third-order valence-electron chi connectivity index (χ3n) is 5.78. The van der Waals surface area contributed by atoms with E-state index in [1.807, 2.05) is 0 Å². The molecule has 5 atom stereocenters. The zero-order chi connectivity index (χ0) is 14.8. The highest BCUT2D eigenvalue weighted by atomic mass is 16.5. The molecule has 3 N–H and O–H groups in total. The maximum Gasteiger partial charge on any atom is 0.122 e. The number of nitrogens with one attached hydrogen (secondary N) is 1. The van der Waals surface area contributed by atoms with Crippen molar-refractivity contribution in [3.8, 4) is 5.75 Å². The van der Waals surface area contributed by atoms with E-state index in [4.69, 9.17) is 10.6 Å². The molecule has 2 aliphatic rings. The van der Waals surface area contributed by atoms with Crippen LogP contribution in [0.25, 0.3) is 0 Å². The van der Waals surface area contributed by atoms with Crippen LogP contribution in [-0.4, -0.2) is 12.6 Å². The first-order chi connectivity index (χ1) is 10.2. The van der Waals surface area contributed by atoms with E-state index in [0.29, 0.717) is 17.9 Å². The summed E-state index contributed by atoms with van der Waals surface area (Å²) in [6.45, 7) is 5.58. The summed E-state index contributed by atoms with van der Waals surface area (Å²) in [5.74, 6) is 9.83. The monoisotopic (exact) mass is 288 g/mol. The van der Waals surface area contributed by atoms with Crippen molar-refractivity contribution in [1.82, 2.24) is 5.43 Å². The van der Waals surface area contributed by atoms with E-state index < -0.39 is 0 Å². The smallest absolute Gasteiger partial charge is 0.122 e. The molecule has 3 nitrogen and oxygen atoms in total. The summed E-state index contributed by atoms with van der Waals surface area (Å²) >= 11 is 0. The molecule has 3 rings (SSSR count). The van der Waals surface area contributed by atoms with Gasteiger partial charge in [-0.1, -0.05) is 38.5 Å². The zero-order valence-electron chi connectivity index (χ0n) is 13.2. The molecule has 1 aromatic rings. The van der Waals surface area contributed by atoms with Crippen LogP contribution in [0.15, 0.2) is 24.3 Å². The molecule has 116 valence electrons. The molecular weight excluding hydrogens is 260 g/mol. The lowest BCUT2D eigenvalue weighted by atomic mass is 9.69.